The van der Waals surface area contributed by atoms with Crippen LogP contribution in [0.2, 0.25) is 0 Å². The number of fused-ring (bicyclic) bond motifs is 1. The molecule has 2 unspecified atom stereocenters. The molecule has 0 bridgehead atoms. The Bertz CT molecular complexity index is 731. The first-order valence-electron chi connectivity index (χ1n) is 8.22. The number of carbonyl (C=O) groups excluding carboxylic acids is 1. The van der Waals surface area contributed by atoms with Gasteiger partial charge in [-0.15, -0.1) is 0 Å². The maximum atomic E-state index is 12.9. The van der Waals surface area contributed by atoms with Crippen LogP contribution in [0.25, 0.3) is 0 Å². The highest BCUT2D eigenvalue weighted by Crippen LogP contribution is 2.43. The van der Waals surface area contributed by atoms with Crippen LogP contribution in [0, 0.1) is 18.3 Å². The number of likely N-dealkylation sites (tertiary alicyclic amines) is 1. The number of nitrogens with zero attached hydrogens (tertiary/aromatic N) is 2. The van der Waals surface area contributed by atoms with Gasteiger partial charge < -0.3 is 10.0 Å². The molecular weight excluding hydrogens is 328 g/mol. The summed E-state index contributed by atoms with van der Waals surface area (Å²) in [6.45, 7) is 5.03. The van der Waals surface area contributed by atoms with Gasteiger partial charge in [0.05, 0.1) is 11.5 Å². The molecule has 2 heterocycles. The lowest BCUT2D eigenvalue weighted by Crippen LogP contribution is -2.52. The molecule has 0 radical (unpaired) electrons. The van der Waals surface area contributed by atoms with Crippen molar-refractivity contribution in [3.63, 3.8) is 0 Å². The van der Waals surface area contributed by atoms with Crippen LogP contribution in [-0.4, -0.2) is 61.4 Å². The second-order valence-electron chi connectivity index (χ2n) is 7.06. The highest BCUT2D eigenvalue weighted by Gasteiger charge is 2.52. The van der Waals surface area contributed by atoms with E-state index in [0.29, 0.717) is 26.1 Å². The molecule has 1 N–H and O–H groups in total. The molecule has 0 aromatic heterocycles. The molecule has 7 heteroatoms. The molecule has 1 aromatic rings. The lowest BCUT2D eigenvalue weighted by atomic mass is 9.75. The predicted octanol–water partition coefficient (Wildman–Crippen LogP) is 0.846. The van der Waals surface area contributed by atoms with Crippen LogP contribution in [0.4, 0.5) is 0 Å². The van der Waals surface area contributed by atoms with E-state index in [2.05, 4.69) is 0 Å². The third-order valence-corrected chi connectivity index (χ3v) is 7.31. The van der Waals surface area contributed by atoms with E-state index in [1.165, 1.54) is 11.2 Å². The number of hydrogen-bond acceptors (Lipinski definition) is 4. The van der Waals surface area contributed by atoms with Gasteiger partial charge in [-0.25, -0.2) is 8.42 Å². The summed E-state index contributed by atoms with van der Waals surface area (Å²) in [7, 11) is -3.58. The van der Waals surface area contributed by atoms with Crippen molar-refractivity contribution in [3.05, 3.63) is 29.8 Å². The molecule has 2 aliphatic heterocycles. The zero-order valence-electron chi connectivity index (χ0n) is 14.1. The largest absolute Gasteiger partial charge is 0.396 e. The van der Waals surface area contributed by atoms with Gasteiger partial charge in [-0.3, -0.25) is 4.79 Å². The Balaban J connectivity index is 1.87. The lowest BCUT2D eigenvalue weighted by Gasteiger charge is -2.42. The topological polar surface area (TPSA) is 77.9 Å². The van der Waals surface area contributed by atoms with Gasteiger partial charge >= 0.3 is 0 Å². The van der Waals surface area contributed by atoms with Gasteiger partial charge in [-0.2, -0.15) is 4.31 Å². The minimum Gasteiger partial charge on any atom is -0.396 e. The Morgan fingerprint density at radius 3 is 2.54 bits per heavy atom. The molecule has 132 valence electrons. The van der Waals surface area contributed by atoms with Crippen LogP contribution >= 0.6 is 0 Å². The van der Waals surface area contributed by atoms with Gasteiger partial charge in [0.1, 0.15) is 0 Å². The molecule has 6 nitrogen and oxygen atoms in total. The SMILES string of the molecule is CC(=O)N1CC2CCN(S(=O)(=O)c3ccc(C)cc3)CC2(CO)C1. The smallest absolute Gasteiger partial charge is 0.243 e. The Morgan fingerprint density at radius 2 is 1.96 bits per heavy atom. The highest BCUT2D eigenvalue weighted by atomic mass is 32.2. The Hall–Kier alpha value is -1.44. The number of carbonyl (C=O) groups is 1. The predicted molar refractivity (Wildman–Crippen MR) is 89.8 cm³/mol. The fourth-order valence-corrected chi connectivity index (χ4v) is 5.42. The molecule has 2 fully saturated rings. The Labute approximate surface area is 143 Å². The summed E-state index contributed by atoms with van der Waals surface area (Å²) in [4.78, 5) is 13.7. The molecule has 2 atom stereocenters. The van der Waals surface area contributed by atoms with Crippen LogP contribution in [0.5, 0.6) is 0 Å². The molecule has 2 saturated heterocycles. The van der Waals surface area contributed by atoms with E-state index in [4.69, 9.17) is 0 Å². The van der Waals surface area contributed by atoms with Gasteiger partial charge in [0.25, 0.3) is 0 Å². The second-order valence-corrected chi connectivity index (χ2v) is 9.00. The number of aliphatic hydroxyl groups is 1. The van der Waals surface area contributed by atoms with E-state index in [9.17, 15) is 18.3 Å². The minimum atomic E-state index is -3.58. The second kappa shape index (κ2) is 6.13. The van der Waals surface area contributed by atoms with Gasteiger partial charge in [0, 0.05) is 38.5 Å². The Morgan fingerprint density at radius 1 is 1.29 bits per heavy atom. The lowest BCUT2D eigenvalue weighted by molar-refractivity contribution is -0.128. The average Bonchev–Trinajstić information content (AvgIpc) is 2.95. The van der Waals surface area contributed by atoms with Crippen molar-refractivity contribution in [3.8, 4) is 0 Å². The minimum absolute atomic E-state index is 0.0230. The summed E-state index contributed by atoms with van der Waals surface area (Å²) in [6.07, 6.45) is 0.662. The van der Waals surface area contributed by atoms with Crippen LogP contribution < -0.4 is 0 Å². The van der Waals surface area contributed by atoms with Gasteiger partial charge in [0.2, 0.25) is 15.9 Å². The average molecular weight is 352 g/mol. The summed E-state index contributed by atoms with van der Waals surface area (Å²) < 4.78 is 27.3. The quantitative estimate of drug-likeness (QED) is 0.875. The standard InChI is InChI=1S/C17H24N2O4S/c1-13-3-5-16(6-4-13)24(22,23)19-8-7-15-9-18(14(2)21)10-17(15,11-19)12-20/h3-6,15,20H,7-12H2,1-2H3. The molecule has 0 saturated carbocycles. The normalized spacial score (nSPS) is 28.0. The molecule has 3 rings (SSSR count). The maximum absolute atomic E-state index is 12.9. The molecule has 0 spiro atoms. The van der Waals surface area contributed by atoms with Gasteiger partial charge in [-0.05, 0) is 31.4 Å². The first-order chi connectivity index (χ1) is 11.3. The number of aryl methyl sites for hydroxylation is 1. The monoisotopic (exact) mass is 352 g/mol. The molecule has 1 amide bonds. The highest BCUT2D eigenvalue weighted by molar-refractivity contribution is 7.89. The van der Waals surface area contributed by atoms with Crippen LogP contribution in [0.3, 0.4) is 0 Å². The van der Waals surface area contributed by atoms with Crippen molar-refractivity contribution >= 4 is 15.9 Å². The van der Waals surface area contributed by atoms with Crippen molar-refractivity contribution in [1.29, 1.82) is 0 Å². The Kier molecular flexibility index (Phi) is 4.44. The van der Waals surface area contributed by atoms with E-state index in [1.54, 1.807) is 29.2 Å². The summed E-state index contributed by atoms with van der Waals surface area (Å²) in [6, 6.07) is 6.82. The maximum Gasteiger partial charge on any atom is 0.243 e. The summed E-state index contributed by atoms with van der Waals surface area (Å²) in [5.41, 5.74) is 0.453. The van der Waals surface area contributed by atoms with Crippen molar-refractivity contribution < 1.29 is 18.3 Å². The first-order valence-corrected chi connectivity index (χ1v) is 9.66. The number of benzene rings is 1. The number of piperidine rings is 1. The van der Waals surface area contributed by atoms with E-state index in [0.717, 1.165) is 5.56 Å². The van der Waals surface area contributed by atoms with Gasteiger partial charge in [0.15, 0.2) is 0 Å². The molecule has 0 aliphatic carbocycles. The molecule has 24 heavy (non-hydrogen) atoms. The summed E-state index contributed by atoms with van der Waals surface area (Å²) in [5, 5.41) is 9.98. The number of sulfonamides is 1. The zero-order chi connectivity index (χ0) is 17.5. The fourth-order valence-electron chi connectivity index (χ4n) is 3.87. The van der Waals surface area contributed by atoms with Crippen molar-refractivity contribution in [2.75, 3.05) is 32.8 Å². The van der Waals surface area contributed by atoms with Crippen LogP contribution in [-0.2, 0) is 14.8 Å². The summed E-state index contributed by atoms with van der Waals surface area (Å²) in [5.74, 6) is 0.126. The third-order valence-electron chi connectivity index (χ3n) is 5.45. The number of aliphatic hydroxyl groups excluding tert-OH is 1. The third kappa shape index (κ3) is 2.85. The van der Waals surface area contributed by atoms with E-state index >= 15 is 0 Å². The molecule has 1 aromatic carbocycles. The van der Waals surface area contributed by atoms with Gasteiger partial charge in [-0.1, -0.05) is 17.7 Å². The summed E-state index contributed by atoms with van der Waals surface area (Å²) >= 11 is 0. The van der Waals surface area contributed by atoms with Crippen molar-refractivity contribution in [1.82, 2.24) is 9.21 Å². The van der Waals surface area contributed by atoms with E-state index in [-0.39, 0.29) is 29.9 Å². The number of amides is 1. The van der Waals surface area contributed by atoms with E-state index in [1.807, 2.05) is 6.92 Å². The van der Waals surface area contributed by atoms with E-state index < -0.39 is 15.4 Å². The fraction of sp³-hybridized carbons (Fsp3) is 0.588. The van der Waals surface area contributed by atoms with Crippen molar-refractivity contribution in [2.24, 2.45) is 11.3 Å². The molecular formula is C17H24N2O4S. The number of rotatable bonds is 3. The molecule has 2 aliphatic rings. The number of hydrogen-bond donors (Lipinski definition) is 1. The van der Waals surface area contributed by atoms with Crippen LogP contribution in [0.15, 0.2) is 29.2 Å². The first kappa shape index (κ1) is 17.4. The zero-order valence-corrected chi connectivity index (χ0v) is 14.9. The van der Waals surface area contributed by atoms with Crippen LogP contribution in [0.1, 0.15) is 18.9 Å². The van der Waals surface area contributed by atoms with Crippen molar-refractivity contribution in [2.45, 2.75) is 25.2 Å².